The summed E-state index contributed by atoms with van der Waals surface area (Å²) < 4.78 is 10.7. The molecule has 1 aliphatic heterocycles. The van der Waals surface area contributed by atoms with E-state index in [1.165, 1.54) is 0 Å². The Morgan fingerprint density at radius 1 is 1.29 bits per heavy atom. The lowest BCUT2D eigenvalue weighted by molar-refractivity contribution is -0.116. The van der Waals surface area contributed by atoms with Crippen LogP contribution in [0.3, 0.4) is 0 Å². The largest absolute Gasteiger partial charge is 0.497 e. The third-order valence-electron chi connectivity index (χ3n) is 3.80. The Labute approximate surface area is 122 Å². The van der Waals surface area contributed by atoms with Crippen LogP contribution in [0.5, 0.6) is 11.5 Å². The van der Waals surface area contributed by atoms with Gasteiger partial charge in [0.2, 0.25) is 5.91 Å². The quantitative estimate of drug-likeness (QED) is 0.907. The summed E-state index contributed by atoms with van der Waals surface area (Å²) in [6.07, 6.45) is 0.358. The SMILES string of the molecule is COc1ccc(OC)c([C@@H]2CC(=O)Nc3n[nH]c(C)c32)c1. The molecule has 0 fully saturated rings. The van der Waals surface area contributed by atoms with Gasteiger partial charge in [0.05, 0.1) is 14.2 Å². The Bertz CT molecular complexity index is 693. The molecule has 0 unspecified atom stereocenters. The number of aromatic amines is 1. The van der Waals surface area contributed by atoms with Gasteiger partial charge >= 0.3 is 0 Å². The van der Waals surface area contributed by atoms with Crippen molar-refractivity contribution < 1.29 is 14.3 Å². The predicted molar refractivity (Wildman–Crippen MR) is 78.0 cm³/mol. The first kappa shape index (κ1) is 13.5. The second-order valence-corrected chi connectivity index (χ2v) is 5.02. The Kier molecular flexibility index (Phi) is 3.29. The van der Waals surface area contributed by atoms with Crippen molar-refractivity contribution in [3.05, 3.63) is 35.0 Å². The molecule has 1 aromatic carbocycles. The highest BCUT2D eigenvalue weighted by atomic mass is 16.5. The molecule has 0 saturated carbocycles. The molecule has 0 bridgehead atoms. The van der Waals surface area contributed by atoms with Crippen LogP contribution in [0.2, 0.25) is 0 Å². The molecule has 1 aromatic heterocycles. The number of nitrogens with one attached hydrogen (secondary N) is 2. The average Bonchev–Trinajstić information content (AvgIpc) is 2.87. The third kappa shape index (κ3) is 2.22. The minimum absolute atomic E-state index is 0.0520. The standard InChI is InChI=1S/C15H17N3O3/c1-8-14-11(7-13(19)16-15(14)18-17-8)10-6-9(20-2)4-5-12(10)21-3/h4-6,11H,7H2,1-3H3,(H2,16,17,18,19)/t11-/m0/s1. The number of fused-ring (bicyclic) bond motifs is 1. The van der Waals surface area contributed by atoms with Crippen LogP contribution < -0.4 is 14.8 Å². The summed E-state index contributed by atoms with van der Waals surface area (Å²) in [5.74, 6) is 1.92. The number of hydrogen-bond donors (Lipinski definition) is 2. The second kappa shape index (κ2) is 5.12. The smallest absolute Gasteiger partial charge is 0.226 e. The first-order valence-corrected chi connectivity index (χ1v) is 6.70. The normalized spacial score (nSPS) is 17.1. The first-order valence-electron chi connectivity index (χ1n) is 6.70. The molecule has 6 nitrogen and oxygen atoms in total. The highest BCUT2D eigenvalue weighted by molar-refractivity contribution is 5.94. The Morgan fingerprint density at radius 2 is 2.10 bits per heavy atom. The first-order chi connectivity index (χ1) is 10.1. The molecule has 110 valence electrons. The van der Waals surface area contributed by atoms with Gasteiger partial charge in [-0.25, -0.2) is 0 Å². The maximum atomic E-state index is 11.9. The summed E-state index contributed by atoms with van der Waals surface area (Å²) in [4.78, 5) is 11.9. The topological polar surface area (TPSA) is 76.2 Å². The van der Waals surface area contributed by atoms with Gasteiger partial charge in [-0.3, -0.25) is 9.89 Å². The number of carbonyl (C=O) groups is 1. The number of nitrogens with zero attached hydrogens (tertiary/aromatic N) is 1. The number of amides is 1. The van der Waals surface area contributed by atoms with E-state index in [-0.39, 0.29) is 11.8 Å². The van der Waals surface area contributed by atoms with Gasteiger partial charge in [0.1, 0.15) is 11.5 Å². The minimum atomic E-state index is -0.0995. The summed E-state index contributed by atoms with van der Waals surface area (Å²) in [7, 11) is 3.24. The Hall–Kier alpha value is -2.50. The molecule has 0 saturated heterocycles. The zero-order valence-corrected chi connectivity index (χ0v) is 12.2. The van der Waals surface area contributed by atoms with E-state index in [2.05, 4.69) is 15.5 Å². The van der Waals surface area contributed by atoms with Crippen molar-refractivity contribution in [2.45, 2.75) is 19.3 Å². The van der Waals surface area contributed by atoms with Crippen LogP contribution in [-0.4, -0.2) is 30.3 Å². The Balaban J connectivity index is 2.16. The number of hydrogen-bond acceptors (Lipinski definition) is 4. The maximum Gasteiger partial charge on any atom is 0.226 e. The van der Waals surface area contributed by atoms with Crippen LogP contribution in [0.4, 0.5) is 5.82 Å². The van der Waals surface area contributed by atoms with E-state index in [4.69, 9.17) is 9.47 Å². The maximum absolute atomic E-state index is 11.9. The molecule has 1 amide bonds. The molecule has 1 atom stereocenters. The van der Waals surface area contributed by atoms with E-state index < -0.39 is 0 Å². The van der Waals surface area contributed by atoms with Crippen molar-refractivity contribution in [2.24, 2.45) is 0 Å². The van der Waals surface area contributed by atoms with Gasteiger partial charge in [-0.1, -0.05) is 0 Å². The molecular weight excluding hydrogens is 270 g/mol. The summed E-state index contributed by atoms with van der Waals surface area (Å²) >= 11 is 0. The van der Waals surface area contributed by atoms with E-state index >= 15 is 0 Å². The number of ether oxygens (including phenoxy) is 2. The fraction of sp³-hybridized carbons (Fsp3) is 0.333. The molecule has 2 N–H and O–H groups in total. The van der Waals surface area contributed by atoms with Crippen LogP contribution in [0.25, 0.3) is 0 Å². The lowest BCUT2D eigenvalue weighted by Crippen LogP contribution is -2.23. The fourth-order valence-electron chi connectivity index (χ4n) is 2.81. The van der Waals surface area contributed by atoms with E-state index in [1.807, 2.05) is 25.1 Å². The number of H-pyrrole nitrogens is 1. The molecule has 21 heavy (non-hydrogen) atoms. The predicted octanol–water partition coefficient (Wildman–Crippen LogP) is 2.21. The zero-order chi connectivity index (χ0) is 15.0. The van der Waals surface area contributed by atoms with Crippen LogP contribution in [0.1, 0.15) is 29.2 Å². The number of aromatic nitrogens is 2. The summed E-state index contributed by atoms with van der Waals surface area (Å²) in [5.41, 5.74) is 2.87. The molecule has 0 spiro atoms. The number of rotatable bonds is 3. The van der Waals surface area contributed by atoms with E-state index in [1.54, 1.807) is 14.2 Å². The van der Waals surface area contributed by atoms with Crippen molar-refractivity contribution in [2.75, 3.05) is 19.5 Å². The fourth-order valence-corrected chi connectivity index (χ4v) is 2.81. The van der Waals surface area contributed by atoms with Crippen molar-refractivity contribution in [1.82, 2.24) is 10.2 Å². The van der Waals surface area contributed by atoms with Gasteiger partial charge in [0.15, 0.2) is 5.82 Å². The van der Waals surface area contributed by atoms with E-state index in [0.29, 0.717) is 12.2 Å². The number of aryl methyl sites for hydroxylation is 1. The molecule has 3 rings (SSSR count). The van der Waals surface area contributed by atoms with Gasteiger partial charge in [0.25, 0.3) is 0 Å². The highest BCUT2D eigenvalue weighted by Gasteiger charge is 2.32. The lowest BCUT2D eigenvalue weighted by atomic mass is 9.85. The summed E-state index contributed by atoms with van der Waals surface area (Å²) in [6.45, 7) is 1.95. The van der Waals surface area contributed by atoms with Gasteiger partial charge in [-0.2, -0.15) is 5.10 Å². The summed E-state index contributed by atoms with van der Waals surface area (Å²) in [5, 5.41) is 9.87. The molecule has 2 heterocycles. The van der Waals surface area contributed by atoms with Crippen molar-refractivity contribution in [3.63, 3.8) is 0 Å². The molecule has 6 heteroatoms. The van der Waals surface area contributed by atoms with Crippen molar-refractivity contribution >= 4 is 11.7 Å². The van der Waals surface area contributed by atoms with Crippen LogP contribution in [0, 0.1) is 6.92 Å². The summed E-state index contributed by atoms with van der Waals surface area (Å²) in [6, 6.07) is 5.61. The second-order valence-electron chi connectivity index (χ2n) is 5.02. The van der Waals surface area contributed by atoms with E-state index in [0.717, 1.165) is 28.3 Å². The molecular formula is C15H17N3O3. The average molecular weight is 287 g/mol. The van der Waals surface area contributed by atoms with Gasteiger partial charge in [-0.05, 0) is 25.1 Å². The lowest BCUT2D eigenvalue weighted by Gasteiger charge is -2.24. The van der Waals surface area contributed by atoms with Crippen LogP contribution in [0.15, 0.2) is 18.2 Å². The number of methoxy groups -OCH3 is 2. The van der Waals surface area contributed by atoms with Gasteiger partial charge < -0.3 is 14.8 Å². The monoisotopic (exact) mass is 287 g/mol. The van der Waals surface area contributed by atoms with Crippen molar-refractivity contribution in [1.29, 1.82) is 0 Å². The van der Waals surface area contributed by atoms with Crippen molar-refractivity contribution in [3.8, 4) is 11.5 Å². The van der Waals surface area contributed by atoms with Crippen LogP contribution in [-0.2, 0) is 4.79 Å². The number of benzene rings is 1. The molecule has 0 aliphatic carbocycles. The number of anilines is 1. The zero-order valence-electron chi connectivity index (χ0n) is 12.2. The minimum Gasteiger partial charge on any atom is -0.497 e. The number of carbonyl (C=O) groups excluding carboxylic acids is 1. The van der Waals surface area contributed by atoms with E-state index in [9.17, 15) is 4.79 Å². The third-order valence-corrected chi connectivity index (χ3v) is 3.80. The Morgan fingerprint density at radius 3 is 2.81 bits per heavy atom. The van der Waals surface area contributed by atoms with Crippen LogP contribution >= 0.6 is 0 Å². The highest BCUT2D eigenvalue weighted by Crippen LogP contribution is 2.42. The molecule has 0 radical (unpaired) electrons. The molecule has 1 aliphatic rings. The molecule has 2 aromatic rings. The van der Waals surface area contributed by atoms with Gasteiger partial charge in [0, 0.05) is 29.2 Å². The van der Waals surface area contributed by atoms with Gasteiger partial charge in [-0.15, -0.1) is 0 Å².